The molecule has 0 spiro atoms. The lowest BCUT2D eigenvalue weighted by Gasteiger charge is -2.15. The number of hydrogen-bond acceptors (Lipinski definition) is 3. The maximum atomic E-state index is 11.1. The quantitative estimate of drug-likeness (QED) is 0.853. The molecule has 0 bridgehead atoms. The van der Waals surface area contributed by atoms with Crippen LogP contribution in [-0.2, 0) is 4.79 Å². The Morgan fingerprint density at radius 2 is 2.19 bits per heavy atom. The van der Waals surface area contributed by atoms with Crippen molar-refractivity contribution in [3.8, 4) is 5.75 Å². The average Bonchev–Trinajstić information content (AvgIpc) is 2.29. The van der Waals surface area contributed by atoms with E-state index in [1.165, 1.54) is 7.11 Å². The number of aliphatic hydroxyl groups excluding tert-OH is 1. The topological polar surface area (TPSA) is 58.6 Å². The Bertz CT molecular complexity index is 418. The standard InChI is InChI=1S/C11H14ClNO3/c1-6-4-8(16-3)11(7(2)10(6)12)13-9(15)5-14/h4,14H,5H2,1-3H3,(H,13,15). The van der Waals surface area contributed by atoms with E-state index < -0.39 is 12.5 Å². The van der Waals surface area contributed by atoms with Crippen molar-refractivity contribution in [3.63, 3.8) is 0 Å². The van der Waals surface area contributed by atoms with Gasteiger partial charge in [0.25, 0.3) is 0 Å². The first-order valence-electron chi connectivity index (χ1n) is 4.75. The molecule has 0 aliphatic carbocycles. The molecule has 88 valence electrons. The van der Waals surface area contributed by atoms with Crippen LogP contribution in [0.5, 0.6) is 5.75 Å². The summed E-state index contributed by atoms with van der Waals surface area (Å²) in [4.78, 5) is 11.1. The van der Waals surface area contributed by atoms with Gasteiger partial charge in [-0.05, 0) is 31.0 Å². The van der Waals surface area contributed by atoms with Crippen LogP contribution in [0.2, 0.25) is 5.02 Å². The molecule has 2 N–H and O–H groups in total. The summed E-state index contributed by atoms with van der Waals surface area (Å²) < 4.78 is 5.15. The van der Waals surface area contributed by atoms with Crippen LogP contribution in [-0.4, -0.2) is 24.7 Å². The summed E-state index contributed by atoms with van der Waals surface area (Å²) in [7, 11) is 1.51. The van der Waals surface area contributed by atoms with Gasteiger partial charge in [-0.15, -0.1) is 0 Å². The zero-order valence-corrected chi connectivity index (χ0v) is 10.2. The first-order chi connectivity index (χ1) is 7.51. The van der Waals surface area contributed by atoms with E-state index in [1.807, 2.05) is 6.92 Å². The fourth-order valence-electron chi connectivity index (χ4n) is 1.42. The number of aliphatic hydroxyl groups is 1. The maximum Gasteiger partial charge on any atom is 0.250 e. The van der Waals surface area contributed by atoms with Gasteiger partial charge in [-0.3, -0.25) is 4.79 Å². The molecule has 0 aliphatic rings. The molecule has 0 saturated heterocycles. The smallest absolute Gasteiger partial charge is 0.250 e. The summed E-state index contributed by atoms with van der Waals surface area (Å²) in [5, 5.41) is 11.8. The maximum absolute atomic E-state index is 11.1. The highest BCUT2D eigenvalue weighted by atomic mass is 35.5. The van der Waals surface area contributed by atoms with Crippen molar-refractivity contribution in [3.05, 3.63) is 22.2 Å². The third-order valence-corrected chi connectivity index (χ3v) is 2.85. The Balaban J connectivity index is 3.24. The van der Waals surface area contributed by atoms with Gasteiger partial charge < -0.3 is 15.2 Å². The second-order valence-corrected chi connectivity index (χ2v) is 3.79. The molecule has 0 unspecified atom stereocenters. The minimum Gasteiger partial charge on any atom is -0.495 e. The van der Waals surface area contributed by atoms with Gasteiger partial charge >= 0.3 is 0 Å². The van der Waals surface area contributed by atoms with E-state index in [1.54, 1.807) is 13.0 Å². The molecular formula is C11H14ClNO3. The predicted molar refractivity (Wildman–Crippen MR) is 63.2 cm³/mol. The lowest BCUT2D eigenvalue weighted by molar-refractivity contribution is -0.118. The molecule has 1 aromatic carbocycles. The zero-order valence-electron chi connectivity index (χ0n) is 9.43. The van der Waals surface area contributed by atoms with Gasteiger partial charge in [0.1, 0.15) is 12.4 Å². The van der Waals surface area contributed by atoms with Gasteiger partial charge in [0.15, 0.2) is 0 Å². The second-order valence-electron chi connectivity index (χ2n) is 3.42. The molecule has 0 atom stereocenters. The fourth-order valence-corrected chi connectivity index (χ4v) is 1.57. The van der Waals surface area contributed by atoms with Crippen LogP contribution < -0.4 is 10.1 Å². The van der Waals surface area contributed by atoms with Crippen LogP contribution in [0.3, 0.4) is 0 Å². The Morgan fingerprint density at radius 1 is 1.56 bits per heavy atom. The van der Waals surface area contributed by atoms with Crippen molar-refractivity contribution in [1.29, 1.82) is 0 Å². The molecule has 0 heterocycles. The highest BCUT2D eigenvalue weighted by Crippen LogP contribution is 2.35. The van der Waals surface area contributed by atoms with Crippen molar-refractivity contribution in [2.75, 3.05) is 19.0 Å². The summed E-state index contributed by atoms with van der Waals surface area (Å²) in [6.45, 7) is 3.06. The number of hydrogen-bond donors (Lipinski definition) is 2. The summed E-state index contributed by atoms with van der Waals surface area (Å²) in [6.07, 6.45) is 0. The Labute approximate surface area is 99.2 Å². The average molecular weight is 244 g/mol. The third kappa shape index (κ3) is 2.46. The molecule has 5 heteroatoms. The van der Waals surface area contributed by atoms with Gasteiger partial charge in [0.05, 0.1) is 12.8 Å². The number of halogens is 1. The molecule has 0 aliphatic heterocycles. The van der Waals surface area contributed by atoms with Crippen molar-refractivity contribution in [2.45, 2.75) is 13.8 Å². The molecule has 0 radical (unpaired) electrons. The number of aryl methyl sites for hydroxylation is 1. The lowest BCUT2D eigenvalue weighted by Crippen LogP contribution is -2.17. The summed E-state index contributed by atoms with van der Waals surface area (Å²) in [6, 6.07) is 1.74. The summed E-state index contributed by atoms with van der Waals surface area (Å²) >= 11 is 6.07. The van der Waals surface area contributed by atoms with E-state index in [-0.39, 0.29) is 0 Å². The number of nitrogens with one attached hydrogen (secondary N) is 1. The molecule has 0 saturated carbocycles. The number of amides is 1. The molecule has 4 nitrogen and oxygen atoms in total. The number of rotatable bonds is 3. The van der Waals surface area contributed by atoms with Gasteiger partial charge in [0, 0.05) is 5.02 Å². The molecule has 0 aromatic heterocycles. The van der Waals surface area contributed by atoms with E-state index in [9.17, 15) is 4.79 Å². The summed E-state index contributed by atoms with van der Waals surface area (Å²) in [5.74, 6) is 0.0301. The van der Waals surface area contributed by atoms with Gasteiger partial charge in [-0.25, -0.2) is 0 Å². The van der Waals surface area contributed by atoms with E-state index in [0.29, 0.717) is 16.5 Å². The molecule has 1 rings (SSSR count). The predicted octanol–water partition coefficient (Wildman–Crippen LogP) is 1.90. The van der Waals surface area contributed by atoms with E-state index in [0.717, 1.165) is 11.1 Å². The van der Waals surface area contributed by atoms with E-state index in [4.69, 9.17) is 21.4 Å². The first-order valence-corrected chi connectivity index (χ1v) is 5.13. The lowest BCUT2D eigenvalue weighted by atomic mass is 10.1. The molecule has 1 amide bonds. The number of benzene rings is 1. The SMILES string of the molecule is COc1cc(C)c(Cl)c(C)c1NC(=O)CO. The van der Waals surface area contributed by atoms with Crippen LogP contribution in [0, 0.1) is 13.8 Å². The van der Waals surface area contributed by atoms with Crippen molar-refractivity contribution < 1.29 is 14.6 Å². The Hall–Kier alpha value is -1.26. The third-order valence-electron chi connectivity index (χ3n) is 2.27. The fraction of sp³-hybridized carbons (Fsp3) is 0.364. The van der Waals surface area contributed by atoms with Crippen LogP contribution >= 0.6 is 11.6 Å². The van der Waals surface area contributed by atoms with Crippen LogP contribution in [0.4, 0.5) is 5.69 Å². The molecule has 0 fully saturated rings. The Morgan fingerprint density at radius 3 is 2.69 bits per heavy atom. The Kier molecular flexibility index (Phi) is 4.15. The second kappa shape index (κ2) is 5.18. The largest absolute Gasteiger partial charge is 0.495 e. The molecule has 1 aromatic rings. The number of ether oxygens (including phenoxy) is 1. The van der Waals surface area contributed by atoms with Crippen LogP contribution in [0.15, 0.2) is 6.07 Å². The van der Waals surface area contributed by atoms with Gasteiger partial charge in [-0.1, -0.05) is 11.6 Å². The van der Waals surface area contributed by atoms with Crippen LogP contribution in [0.1, 0.15) is 11.1 Å². The first kappa shape index (κ1) is 12.8. The van der Waals surface area contributed by atoms with Crippen molar-refractivity contribution in [2.24, 2.45) is 0 Å². The van der Waals surface area contributed by atoms with E-state index in [2.05, 4.69) is 5.32 Å². The number of carbonyl (C=O) groups excluding carboxylic acids is 1. The molecular weight excluding hydrogens is 230 g/mol. The monoisotopic (exact) mass is 243 g/mol. The number of carbonyl (C=O) groups is 1. The molecule has 16 heavy (non-hydrogen) atoms. The highest BCUT2D eigenvalue weighted by molar-refractivity contribution is 6.32. The normalized spacial score (nSPS) is 10.1. The van der Waals surface area contributed by atoms with Crippen LogP contribution in [0.25, 0.3) is 0 Å². The zero-order chi connectivity index (χ0) is 12.3. The van der Waals surface area contributed by atoms with E-state index >= 15 is 0 Å². The number of anilines is 1. The number of methoxy groups -OCH3 is 1. The van der Waals surface area contributed by atoms with Crippen molar-refractivity contribution in [1.82, 2.24) is 0 Å². The van der Waals surface area contributed by atoms with Crippen molar-refractivity contribution >= 4 is 23.2 Å². The minimum absolute atomic E-state index is 0.497. The summed E-state index contributed by atoms with van der Waals surface area (Å²) in [5.41, 5.74) is 2.09. The van der Waals surface area contributed by atoms with Gasteiger partial charge in [0.2, 0.25) is 5.91 Å². The highest BCUT2D eigenvalue weighted by Gasteiger charge is 2.14. The minimum atomic E-state index is -0.575. The van der Waals surface area contributed by atoms with Gasteiger partial charge in [-0.2, -0.15) is 0 Å².